The molecular weight excluding hydrogens is 309 g/mol. The molecule has 0 aliphatic heterocycles. The van der Waals surface area contributed by atoms with Gasteiger partial charge in [-0.25, -0.2) is 4.39 Å². The van der Waals surface area contributed by atoms with Gasteiger partial charge in [0.05, 0.1) is 24.0 Å². The number of carbonyl (C=O) groups is 1. The molecule has 2 N–H and O–H groups in total. The predicted molar refractivity (Wildman–Crippen MR) is 87.9 cm³/mol. The molecule has 0 saturated heterocycles. The number of aryl methyl sites for hydroxylation is 1. The summed E-state index contributed by atoms with van der Waals surface area (Å²) in [5.74, 6) is -1.95. The molecule has 2 atom stereocenters. The Balaban J connectivity index is 2.10. The van der Waals surface area contributed by atoms with Crippen LogP contribution >= 0.6 is 0 Å². The van der Waals surface area contributed by atoms with Crippen LogP contribution in [0.15, 0.2) is 18.2 Å². The molecule has 1 aromatic rings. The molecule has 0 aromatic heterocycles. The SMILES string of the molecule is CC(C#N)c1ccc(CCC(O)(CC(=O)O)C2CCCC2)cc1F. The smallest absolute Gasteiger partial charge is 0.306 e. The standard InChI is InChI=1S/C19H24FNO3/c1-13(12-21)16-7-6-14(10-17(16)20)8-9-19(24,11-18(22)23)15-4-2-3-5-15/h6-7,10,13,15,24H,2-5,8-9,11H2,1H3,(H,22,23). The van der Waals surface area contributed by atoms with Crippen LogP contribution in [0.1, 0.15) is 62.5 Å². The van der Waals surface area contributed by atoms with Crippen LogP contribution in [0.3, 0.4) is 0 Å². The molecule has 4 nitrogen and oxygen atoms in total. The van der Waals surface area contributed by atoms with Crippen LogP contribution in [0.25, 0.3) is 0 Å². The number of hydrogen-bond donors (Lipinski definition) is 2. The number of halogens is 1. The third kappa shape index (κ3) is 4.33. The van der Waals surface area contributed by atoms with Crippen molar-refractivity contribution in [2.45, 2.75) is 63.4 Å². The third-order valence-electron chi connectivity index (χ3n) is 5.14. The third-order valence-corrected chi connectivity index (χ3v) is 5.14. The molecule has 24 heavy (non-hydrogen) atoms. The van der Waals surface area contributed by atoms with E-state index in [9.17, 15) is 14.3 Å². The van der Waals surface area contributed by atoms with Gasteiger partial charge in [-0.2, -0.15) is 5.26 Å². The zero-order valence-electron chi connectivity index (χ0n) is 14.0. The van der Waals surface area contributed by atoms with Crippen molar-refractivity contribution in [3.63, 3.8) is 0 Å². The summed E-state index contributed by atoms with van der Waals surface area (Å²) in [7, 11) is 0. The molecule has 1 fully saturated rings. The molecule has 5 heteroatoms. The number of carboxylic acid groups (broad SMARTS) is 1. The summed E-state index contributed by atoms with van der Waals surface area (Å²) in [6.07, 6.45) is 4.16. The Hall–Kier alpha value is -1.93. The Morgan fingerprint density at radius 3 is 2.67 bits per heavy atom. The number of nitrogens with zero attached hydrogens (tertiary/aromatic N) is 1. The first-order valence-electron chi connectivity index (χ1n) is 8.48. The van der Waals surface area contributed by atoms with E-state index in [-0.39, 0.29) is 12.3 Å². The number of rotatable bonds is 7. The van der Waals surface area contributed by atoms with E-state index in [4.69, 9.17) is 10.4 Å². The maximum absolute atomic E-state index is 14.1. The fourth-order valence-corrected chi connectivity index (χ4v) is 3.67. The van der Waals surface area contributed by atoms with Gasteiger partial charge in [-0.3, -0.25) is 4.79 Å². The molecule has 1 aliphatic carbocycles. The van der Waals surface area contributed by atoms with Gasteiger partial charge in [-0.1, -0.05) is 25.0 Å². The summed E-state index contributed by atoms with van der Waals surface area (Å²) in [5.41, 5.74) is -0.168. The van der Waals surface area contributed by atoms with Crippen LogP contribution in [-0.4, -0.2) is 21.8 Å². The number of hydrogen-bond acceptors (Lipinski definition) is 3. The number of carboxylic acids is 1. The molecule has 0 radical (unpaired) electrons. The highest BCUT2D eigenvalue weighted by Crippen LogP contribution is 2.39. The van der Waals surface area contributed by atoms with Crippen LogP contribution in [-0.2, 0) is 11.2 Å². The molecule has 130 valence electrons. The first-order chi connectivity index (χ1) is 11.4. The highest BCUT2D eigenvalue weighted by molar-refractivity contribution is 5.68. The van der Waals surface area contributed by atoms with Crippen LogP contribution in [0.5, 0.6) is 0 Å². The van der Waals surface area contributed by atoms with Crippen LogP contribution < -0.4 is 0 Å². The van der Waals surface area contributed by atoms with Crippen molar-refractivity contribution in [3.05, 3.63) is 35.1 Å². The number of benzene rings is 1. The summed E-state index contributed by atoms with van der Waals surface area (Å²) in [6, 6.07) is 6.75. The van der Waals surface area contributed by atoms with Crippen LogP contribution in [0, 0.1) is 23.1 Å². The van der Waals surface area contributed by atoms with Gasteiger partial charge in [0.2, 0.25) is 0 Å². The Morgan fingerprint density at radius 2 is 2.12 bits per heavy atom. The molecule has 1 aromatic carbocycles. The molecular formula is C19H24FNO3. The normalized spacial score (nSPS) is 18.8. The number of aliphatic hydroxyl groups is 1. The minimum absolute atomic E-state index is 0.00340. The Morgan fingerprint density at radius 1 is 1.46 bits per heavy atom. The van der Waals surface area contributed by atoms with Crippen molar-refractivity contribution in [1.82, 2.24) is 0 Å². The summed E-state index contributed by atoms with van der Waals surface area (Å²) < 4.78 is 14.1. The minimum atomic E-state index is -1.24. The van der Waals surface area contributed by atoms with Gasteiger partial charge >= 0.3 is 5.97 Å². The lowest BCUT2D eigenvalue weighted by molar-refractivity contribution is -0.145. The summed E-state index contributed by atoms with van der Waals surface area (Å²) in [6.45, 7) is 1.64. The molecule has 2 rings (SSSR count). The largest absolute Gasteiger partial charge is 0.481 e. The van der Waals surface area contributed by atoms with Crippen molar-refractivity contribution in [1.29, 1.82) is 5.26 Å². The first-order valence-corrected chi connectivity index (χ1v) is 8.48. The van der Waals surface area contributed by atoms with E-state index in [1.807, 2.05) is 6.07 Å². The second kappa shape index (κ2) is 7.76. The lowest BCUT2D eigenvalue weighted by Gasteiger charge is -2.33. The topological polar surface area (TPSA) is 81.3 Å². The Bertz CT molecular complexity index is 634. The van der Waals surface area contributed by atoms with Crippen molar-refractivity contribution in [2.24, 2.45) is 5.92 Å². The lowest BCUT2D eigenvalue weighted by atomic mass is 9.79. The summed E-state index contributed by atoms with van der Waals surface area (Å²) >= 11 is 0. The van der Waals surface area contributed by atoms with E-state index in [0.717, 1.165) is 25.7 Å². The van der Waals surface area contributed by atoms with Crippen molar-refractivity contribution in [3.8, 4) is 6.07 Å². The second-order valence-electron chi connectivity index (χ2n) is 6.86. The van der Waals surface area contributed by atoms with Gasteiger partial charge in [0.1, 0.15) is 5.82 Å². The molecule has 0 spiro atoms. The Labute approximate surface area is 141 Å². The van der Waals surface area contributed by atoms with E-state index < -0.39 is 23.3 Å². The molecule has 0 heterocycles. The minimum Gasteiger partial charge on any atom is -0.481 e. The highest BCUT2D eigenvalue weighted by Gasteiger charge is 2.39. The van der Waals surface area contributed by atoms with Gasteiger partial charge < -0.3 is 10.2 Å². The second-order valence-corrected chi connectivity index (χ2v) is 6.86. The maximum atomic E-state index is 14.1. The van der Waals surface area contributed by atoms with Gasteiger partial charge in [0.15, 0.2) is 0 Å². The monoisotopic (exact) mass is 333 g/mol. The van der Waals surface area contributed by atoms with Gasteiger partial charge in [0, 0.05) is 5.56 Å². The lowest BCUT2D eigenvalue weighted by Crippen LogP contribution is -2.39. The fourth-order valence-electron chi connectivity index (χ4n) is 3.67. The van der Waals surface area contributed by atoms with E-state index in [1.165, 1.54) is 6.07 Å². The zero-order valence-corrected chi connectivity index (χ0v) is 14.0. The van der Waals surface area contributed by atoms with Gasteiger partial charge in [-0.15, -0.1) is 0 Å². The van der Waals surface area contributed by atoms with Crippen LogP contribution in [0.4, 0.5) is 4.39 Å². The van der Waals surface area contributed by atoms with E-state index in [2.05, 4.69) is 0 Å². The molecule has 2 unspecified atom stereocenters. The summed E-state index contributed by atoms with van der Waals surface area (Å²) in [5, 5.41) is 28.9. The van der Waals surface area contributed by atoms with Gasteiger partial charge in [0.25, 0.3) is 0 Å². The number of nitriles is 1. The average Bonchev–Trinajstić information content (AvgIpc) is 3.07. The van der Waals surface area contributed by atoms with Gasteiger partial charge in [-0.05, 0) is 50.2 Å². The van der Waals surface area contributed by atoms with Crippen molar-refractivity contribution >= 4 is 5.97 Å². The van der Waals surface area contributed by atoms with E-state index in [0.29, 0.717) is 24.0 Å². The summed E-state index contributed by atoms with van der Waals surface area (Å²) in [4.78, 5) is 11.1. The quantitative estimate of drug-likeness (QED) is 0.795. The maximum Gasteiger partial charge on any atom is 0.306 e. The average molecular weight is 333 g/mol. The molecule has 1 aliphatic rings. The molecule has 1 saturated carbocycles. The first kappa shape index (κ1) is 18.4. The van der Waals surface area contributed by atoms with E-state index in [1.54, 1.807) is 19.1 Å². The van der Waals surface area contributed by atoms with Crippen molar-refractivity contribution < 1.29 is 19.4 Å². The van der Waals surface area contributed by atoms with Crippen molar-refractivity contribution in [2.75, 3.05) is 0 Å². The molecule has 0 bridgehead atoms. The van der Waals surface area contributed by atoms with E-state index >= 15 is 0 Å². The predicted octanol–water partition coefficient (Wildman–Crippen LogP) is 3.78. The van der Waals surface area contributed by atoms with Crippen LogP contribution in [0.2, 0.25) is 0 Å². The highest BCUT2D eigenvalue weighted by atomic mass is 19.1. The Kier molecular flexibility index (Phi) is 5.95. The number of aliphatic carboxylic acids is 1. The fraction of sp³-hybridized carbons (Fsp3) is 0.579. The molecule has 0 amide bonds. The zero-order chi connectivity index (χ0) is 17.7.